The third-order valence-electron chi connectivity index (χ3n) is 3.96. The van der Waals surface area contributed by atoms with Crippen molar-refractivity contribution in [2.75, 3.05) is 29.5 Å². The van der Waals surface area contributed by atoms with Crippen LogP contribution in [0.4, 0.5) is 23.1 Å². The van der Waals surface area contributed by atoms with E-state index in [0.29, 0.717) is 11.3 Å². The summed E-state index contributed by atoms with van der Waals surface area (Å²) >= 11 is 0. The number of benzene rings is 1. The van der Waals surface area contributed by atoms with Crippen LogP contribution < -0.4 is 16.4 Å². The lowest BCUT2D eigenvalue weighted by molar-refractivity contribution is -0.384. The second kappa shape index (κ2) is 6.00. The van der Waals surface area contributed by atoms with Gasteiger partial charge in [-0.2, -0.15) is 10.2 Å². The number of hydrogen-bond acceptors (Lipinski definition) is 8. The number of nitro groups is 1. The van der Waals surface area contributed by atoms with Gasteiger partial charge in [-0.1, -0.05) is 6.07 Å². The van der Waals surface area contributed by atoms with Crippen molar-refractivity contribution in [3.05, 3.63) is 33.9 Å². The Kier molecular flexibility index (Phi) is 3.87. The average molecular weight is 325 g/mol. The van der Waals surface area contributed by atoms with Gasteiger partial charge >= 0.3 is 0 Å². The summed E-state index contributed by atoms with van der Waals surface area (Å²) in [6, 6.07) is 6.68. The second-order valence-corrected chi connectivity index (χ2v) is 5.46. The van der Waals surface area contributed by atoms with Gasteiger partial charge in [-0.05, 0) is 18.9 Å². The number of rotatable bonds is 3. The molecule has 9 nitrogen and oxygen atoms in total. The summed E-state index contributed by atoms with van der Waals surface area (Å²) in [4.78, 5) is 20.8. The van der Waals surface area contributed by atoms with Gasteiger partial charge in [0.2, 0.25) is 5.95 Å². The van der Waals surface area contributed by atoms with Gasteiger partial charge in [0.25, 0.3) is 5.69 Å². The third-order valence-corrected chi connectivity index (χ3v) is 3.96. The van der Waals surface area contributed by atoms with Crippen molar-refractivity contribution in [1.29, 1.82) is 5.26 Å². The van der Waals surface area contributed by atoms with E-state index in [1.54, 1.807) is 12.1 Å². The molecule has 0 aliphatic carbocycles. The van der Waals surface area contributed by atoms with Crippen LogP contribution in [0.5, 0.6) is 0 Å². The first-order valence-electron chi connectivity index (χ1n) is 7.38. The van der Waals surface area contributed by atoms with Gasteiger partial charge in [0.15, 0.2) is 0 Å². The van der Waals surface area contributed by atoms with Crippen LogP contribution in [0, 0.1) is 21.4 Å². The molecule has 2 aromatic rings. The van der Waals surface area contributed by atoms with Crippen molar-refractivity contribution < 1.29 is 4.92 Å². The van der Waals surface area contributed by atoms with E-state index >= 15 is 0 Å². The molecule has 1 aliphatic heterocycles. The van der Waals surface area contributed by atoms with E-state index in [1.807, 2.05) is 11.0 Å². The lowest BCUT2D eigenvalue weighted by Gasteiger charge is -2.18. The Balaban J connectivity index is 2.15. The summed E-state index contributed by atoms with van der Waals surface area (Å²) < 4.78 is 0. The Morgan fingerprint density at radius 2 is 1.96 bits per heavy atom. The first-order valence-corrected chi connectivity index (χ1v) is 7.38. The molecular formula is C15H15N7O2. The molecule has 1 aromatic heterocycles. The zero-order valence-corrected chi connectivity index (χ0v) is 12.8. The lowest BCUT2D eigenvalue weighted by atomic mass is 10.0. The second-order valence-electron chi connectivity index (χ2n) is 5.46. The average Bonchev–Trinajstić information content (AvgIpc) is 3.08. The van der Waals surface area contributed by atoms with Crippen LogP contribution in [0.2, 0.25) is 0 Å². The van der Waals surface area contributed by atoms with Gasteiger partial charge in [-0.3, -0.25) is 10.1 Å². The summed E-state index contributed by atoms with van der Waals surface area (Å²) in [6.45, 7) is 1.58. The van der Waals surface area contributed by atoms with Crippen molar-refractivity contribution in [3.63, 3.8) is 0 Å². The first kappa shape index (κ1) is 15.5. The minimum atomic E-state index is -0.433. The van der Waals surface area contributed by atoms with E-state index in [-0.39, 0.29) is 28.7 Å². The zero-order chi connectivity index (χ0) is 17.3. The van der Waals surface area contributed by atoms with Crippen molar-refractivity contribution in [2.24, 2.45) is 0 Å². The molecule has 9 heteroatoms. The molecule has 122 valence electrons. The topological polar surface area (TPSA) is 148 Å². The predicted molar refractivity (Wildman–Crippen MR) is 89.1 cm³/mol. The van der Waals surface area contributed by atoms with E-state index in [2.05, 4.69) is 9.97 Å². The van der Waals surface area contributed by atoms with Crippen LogP contribution in [0.15, 0.2) is 18.2 Å². The molecule has 0 saturated carbocycles. The molecule has 0 spiro atoms. The van der Waals surface area contributed by atoms with Gasteiger partial charge in [0, 0.05) is 24.7 Å². The van der Waals surface area contributed by atoms with Crippen LogP contribution in [-0.4, -0.2) is 28.0 Å². The third kappa shape index (κ3) is 2.65. The van der Waals surface area contributed by atoms with Crippen LogP contribution in [0.25, 0.3) is 11.3 Å². The van der Waals surface area contributed by atoms with Crippen molar-refractivity contribution in [3.8, 4) is 17.3 Å². The van der Waals surface area contributed by atoms with Gasteiger partial charge in [0.1, 0.15) is 23.1 Å². The fraction of sp³-hybridized carbons (Fsp3) is 0.267. The number of hydrogen-bond donors (Lipinski definition) is 2. The fourth-order valence-corrected chi connectivity index (χ4v) is 2.86. The van der Waals surface area contributed by atoms with Gasteiger partial charge in [-0.15, -0.1) is 0 Å². The number of nitriles is 1. The fourth-order valence-electron chi connectivity index (χ4n) is 2.86. The van der Waals surface area contributed by atoms with E-state index in [9.17, 15) is 15.4 Å². The zero-order valence-electron chi connectivity index (χ0n) is 12.8. The van der Waals surface area contributed by atoms with E-state index < -0.39 is 4.92 Å². The minimum absolute atomic E-state index is 0.0333. The Labute approximate surface area is 137 Å². The molecule has 1 aliphatic rings. The van der Waals surface area contributed by atoms with Crippen molar-refractivity contribution >= 4 is 23.1 Å². The summed E-state index contributed by atoms with van der Waals surface area (Å²) in [5, 5.41) is 20.7. The molecule has 0 amide bonds. The Bertz CT molecular complexity index is 854. The van der Waals surface area contributed by atoms with Gasteiger partial charge < -0.3 is 16.4 Å². The Morgan fingerprint density at radius 3 is 2.58 bits per heavy atom. The van der Waals surface area contributed by atoms with Gasteiger partial charge in [0.05, 0.1) is 10.6 Å². The normalized spacial score (nSPS) is 13.7. The molecule has 0 atom stereocenters. The van der Waals surface area contributed by atoms with Crippen LogP contribution >= 0.6 is 0 Å². The molecule has 1 aromatic carbocycles. The van der Waals surface area contributed by atoms with Crippen LogP contribution in [0.1, 0.15) is 18.4 Å². The smallest absolute Gasteiger partial charge is 0.293 e. The highest BCUT2D eigenvalue weighted by Gasteiger charge is 2.24. The molecule has 1 fully saturated rings. The van der Waals surface area contributed by atoms with Crippen LogP contribution in [-0.2, 0) is 0 Å². The summed E-state index contributed by atoms with van der Waals surface area (Å²) in [6.07, 6.45) is 2.02. The number of nitro benzene ring substituents is 1. The molecule has 2 heterocycles. The van der Waals surface area contributed by atoms with Crippen molar-refractivity contribution in [1.82, 2.24) is 9.97 Å². The summed E-state index contributed by atoms with van der Waals surface area (Å²) in [7, 11) is 0. The summed E-state index contributed by atoms with van der Waals surface area (Å²) in [5.41, 5.74) is 12.5. The highest BCUT2D eigenvalue weighted by atomic mass is 16.6. The number of aromatic nitrogens is 2. The number of nitrogens with zero attached hydrogens (tertiary/aromatic N) is 5. The Hall–Kier alpha value is -3.41. The SMILES string of the molecule is N#Cc1c(N)nc(N)nc1-c1ccc(N2CCCC2)c([N+](=O)[O-])c1. The minimum Gasteiger partial charge on any atom is -0.382 e. The molecule has 4 N–H and O–H groups in total. The highest BCUT2D eigenvalue weighted by Crippen LogP contribution is 2.35. The molecule has 0 bridgehead atoms. The number of nitrogen functional groups attached to an aromatic ring is 2. The molecule has 24 heavy (non-hydrogen) atoms. The van der Waals surface area contributed by atoms with E-state index in [4.69, 9.17) is 11.5 Å². The monoisotopic (exact) mass is 325 g/mol. The molecule has 3 rings (SSSR count). The lowest BCUT2D eigenvalue weighted by Crippen LogP contribution is -2.18. The molecule has 1 saturated heterocycles. The molecule has 0 unspecified atom stereocenters. The standard InChI is InChI=1S/C15H15N7O2/c16-8-10-13(19-15(18)20-14(10)17)9-3-4-11(12(7-9)22(23)24)21-5-1-2-6-21/h3-4,7H,1-2,5-6H2,(H4,17,18,19,20). The molecule has 0 radical (unpaired) electrons. The van der Waals surface area contributed by atoms with Gasteiger partial charge in [-0.25, -0.2) is 4.98 Å². The largest absolute Gasteiger partial charge is 0.382 e. The van der Waals surface area contributed by atoms with Crippen LogP contribution in [0.3, 0.4) is 0 Å². The quantitative estimate of drug-likeness (QED) is 0.639. The van der Waals surface area contributed by atoms with E-state index in [0.717, 1.165) is 25.9 Å². The first-order chi connectivity index (χ1) is 11.5. The highest BCUT2D eigenvalue weighted by molar-refractivity contribution is 5.78. The molecular weight excluding hydrogens is 310 g/mol. The maximum absolute atomic E-state index is 11.5. The predicted octanol–water partition coefficient (Wildman–Crippen LogP) is 1.69. The summed E-state index contributed by atoms with van der Waals surface area (Å²) in [5.74, 6) is -0.140. The Morgan fingerprint density at radius 1 is 1.25 bits per heavy atom. The number of anilines is 3. The maximum atomic E-state index is 11.5. The van der Waals surface area contributed by atoms with E-state index in [1.165, 1.54) is 6.07 Å². The maximum Gasteiger partial charge on any atom is 0.293 e. The number of nitrogens with two attached hydrogens (primary N) is 2. The van der Waals surface area contributed by atoms with Crippen molar-refractivity contribution in [2.45, 2.75) is 12.8 Å².